The van der Waals surface area contributed by atoms with Gasteiger partial charge >= 0.3 is 5.97 Å². The van der Waals surface area contributed by atoms with Crippen LogP contribution in [-0.2, 0) is 14.3 Å². The summed E-state index contributed by atoms with van der Waals surface area (Å²) >= 11 is 0. The third-order valence-corrected chi connectivity index (χ3v) is 15.1. The molecule has 6 aliphatic rings. The number of rotatable bonds is 5. The molecule has 0 radical (unpaired) electrons. The Morgan fingerprint density at radius 1 is 0.872 bits per heavy atom. The molecular weight excluding hydrogens is 608 g/mol. The molecule has 16 atom stereocenters. The number of carboxylic acids is 1. The van der Waals surface area contributed by atoms with Crippen molar-refractivity contribution in [3.05, 3.63) is 11.6 Å². The van der Waals surface area contributed by atoms with E-state index in [4.69, 9.17) is 9.47 Å². The SMILES string of the molecule is CC1(C)CC[C@]2(C(=O)O)CC[C@]3(C)C(=CCC4[C@@]5(C)C[C@H](O)[C@H](O[C@@H]6O[C@H](CO)[C@@H](O)[C@H](O)[C@H]6O)[C@@](C)(CO)C5[C@H](O)C[C@]43C)[C@@H]2C1. The van der Waals surface area contributed by atoms with E-state index in [0.717, 1.165) is 12.8 Å². The quantitative estimate of drug-likeness (QED) is 0.158. The number of fused-ring (bicyclic) bond motifs is 7. The number of aliphatic hydroxyl groups excluding tert-OH is 7. The molecule has 1 aliphatic heterocycles. The maximum atomic E-state index is 13.0. The Labute approximate surface area is 278 Å². The molecular formula is C36H58O11. The summed E-state index contributed by atoms with van der Waals surface area (Å²) in [7, 11) is 0. The zero-order chi connectivity index (χ0) is 34.7. The molecule has 0 aromatic rings. The second-order valence-electron chi connectivity index (χ2n) is 18.0. The highest BCUT2D eigenvalue weighted by molar-refractivity contribution is 5.76. The number of ether oxygens (including phenoxy) is 2. The first kappa shape index (κ1) is 35.7. The number of aliphatic hydroxyl groups is 7. The predicted octanol–water partition coefficient (Wildman–Crippen LogP) is 1.97. The Kier molecular flexibility index (Phi) is 8.68. The van der Waals surface area contributed by atoms with Gasteiger partial charge in [0.15, 0.2) is 6.29 Å². The minimum Gasteiger partial charge on any atom is -0.481 e. The van der Waals surface area contributed by atoms with Crippen molar-refractivity contribution in [1.29, 1.82) is 0 Å². The second kappa shape index (κ2) is 11.4. The van der Waals surface area contributed by atoms with Crippen LogP contribution >= 0.6 is 0 Å². The molecule has 1 heterocycles. The summed E-state index contributed by atoms with van der Waals surface area (Å²) in [5.41, 5.74) is -2.18. The highest BCUT2D eigenvalue weighted by atomic mass is 16.7. The average molecular weight is 667 g/mol. The van der Waals surface area contributed by atoms with E-state index in [9.17, 15) is 45.6 Å². The smallest absolute Gasteiger partial charge is 0.310 e. The van der Waals surface area contributed by atoms with E-state index in [0.29, 0.717) is 32.1 Å². The molecule has 0 aromatic carbocycles. The zero-order valence-corrected chi connectivity index (χ0v) is 28.8. The van der Waals surface area contributed by atoms with Crippen LogP contribution in [-0.4, -0.2) is 109 Å². The van der Waals surface area contributed by atoms with Gasteiger partial charge in [-0.2, -0.15) is 0 Å². The summed E-state index contributed by atoms with van der Waals surface area (Å²) in [5, 5.41) is 86.9. The molecule has 0 aromatic heterocycles. The van der Waals surface area contributed by atoms with Gasteiger partial charge in [-0.1, -0.05) is 53.2 Å². The topological polar surface area (TPSA) is 197 Å². The van der Waals surface area contributed by atoms with Gasteiger partial charge in [-0.05, 0) is 84.9 Å². The minimum absolute atomic E-state index is 0.000173. The molecule has 47 heavy (non-hydrogen) atoms. The number of carboxylic acid groups (broad SMARTS) is 1. The van der Waals surface area contributed by atoms with Crippen LogP contribution in [0.2, 0.25) is 0 Å². The van der Waals surface area contributed by atoms with Crippen LogP contribution in [0.15, 0.2) is 11.6 Å². The summed E-state index contributed by atoms with van der Waals surface area (Å²) in [5.74, 6) is -1.31. The molecule has 1 saturated heterocycles. The molecule has 11 nitrogen and oxygen atoms in total. The van der Waals surface area contributed by atoms with E-state index in [1.54, 1.807) is 6.92 Å². The van der Waals surface area contributed by atoms with Crippen molar-refractivity contribution >= 4 is 5.97 Å². The van der Waals surface area contributed by atoms with Crippen molar-refractivity contribution in [2.45, 2.75) is 142 Å². The fourth-order valence-corrected chi connectivity index (χ4v) is 12.5. The van der Waals surface area contributed by atoms with Gasteiger partial charge in [-0.15, -0.1) is 0 Å². The van der Waals surface area contributed by atoms with Crippen molar-refractivity contribution in [2.24, 2.45) is 50.2 Å². The Hall–Kier alpha value is -1.15. The Morgan fingerprint density at radius 3 is 2.15 bits per heavy atom. The third-order valence-electron chi connectivity index (χ3n) is 15.1. The lowest BCUT2D eigenvalue weighted by atomic mass is 9.33. The minimum atomic E-state index is -1.67. The van der Waals surface area contributed by atoms with Crippen LogP contribution in [0.3, 0.4) is 0 Å². The summed E-state index contributed by atoms with van der Waals surface area (Å²) in [4.78, 5) is 13.0. The lowest BCUT2D eigenvalue weighted by Gasteiger charge is -2.72. The van der Waals surface area contributed by atoms with Crippen LogP contribution < -0.4 is 0 Å². The summed E-state index contributed by atoms with van der Waals surface area (Å²) in [6.45, 7) is 11.8. The molecule has 0 bridgehead atoms. The van der Waals surface area contributed by atoms with E-state index in [-0.39, 0.29) is 29.1 Å². The van der Waals surface area contributed by atoms with Crippen molar-refractivity contribution in [3.8, 4) is 0 Å². The van der Waals surface area contributed by atoms with E-state index < -0.39 is 95.8 Å². The van der Waals surface area contributed by atoms with Gasteiger partial charge in [0.05, 0.1) is 36.9 Å². The number of aliphatic carboxylic acids is 1. The number of allylic oxidation sites excluding steroid dienone is 2. The van der Waals surface area contributed by atoms with Gasteiger partial charge in [-0.25, -0.2) is 0 Å². The number of carbonyl (C=O) groups is 1. The van der Waals surface area contributed by atoms with Gasteiger partial charge in [0.2, 0.25) is 0 Å². The van der Waals surface area contributed by atoms with Crippen LogP contribution in [0.1, 0.15) is 92.9 Å². The van der Waals surface area contributed by atoms with E-state index >= 15 is 0 Å². The molecule has 2 unspecified atom stereocenters. The molecule has 11 heteroatoms. The Morgan fingerprint density at radius 2 is 1.53 bits per heavy atom. The average Bonchev–Trinajstić information content (AvgIpc) is 2.98. The molecule has 0 spiro atoms. The third kappa shape index (κ3) is 4.81. The largest absolute Gasteiger partial charge is 0.481 e. The first-order chi connectivity index (χ1) is 21.8. The van der Waals surface area contributed by atoms with E-state index in [2.05, 4.69) is 40.7 Å². The van der Waals surface area contributed by atoms with Crippen LogP contribution in [0.25, 0.3) is 0 Å². The predicted molar refractivity (Wildman–Crippen MR) is 170 cm³/mol. The zero-order valence-electron chi connectivity index (χ0n) is 28.8. The highest BCUT2D eigenvalue weighted by Gasteiger charge is 2.73. The van der Waals surface area contributed by atoms with Crippen molar-refractivity contribution in [3.63, 3.8) is 0 Å². The molecule has 5 aliphatic carbocycles. The molecule has 0 amide bonds. The normalized spacial score (nSPS) is 55.5. The summed E-state index contributed by atoms with van der Waals surface area (Å²) in [6.07, 6.45) is -3.47. The van der Waals surface area contributed by atoms with Crippen LogP contribution in [0.5, 0.6) is 0 Å². The highest BCUT2D eigenvalue weighted by Crippen LogP contribution is 2.76. The maximum Gasteiger partial charge on any atom is 0.310 e. The Balaban J connectivity index is 1.37. The van der Waals surface area contributed by atoms with Gasteiger partial charge in [0, 0.05) is 11.3 Å². The number of hydrogen-bond acceptors (Lipinski definition) is 10. The van der Waals surface area contributed by atoms with E-state index in [1.165, 1.54) is 5.57 Å². The molecule has 268 valence electrons. The van der Waals surface area contributed by atoms with Gasteiger partial charge < -0.3 is 50.3 Å². The van der Waals surface area contributed by atoms with Gasteiger partial charge in [0.1, 0.15) is 24.4 Å². The summed E-state index contributed by atoms with van der Waals surface area (Å²) in [6, 6.07) is 0. The number of hydrogen-bond donors (Lipinski definition) is 8. The molecule has 8 N–H and O–H groups in total. The maximum absolute atomic E-state index is 13.0. The van der Waals surface area contributed by atoms with Crippen molar-refractivity contribution < 1.29 is 55.1 Å². The van der Waals surface area contributed by atoms with Gasteiger partial charge in [0.25, 0.3) is 0 Å². The van der Waals surface area contributed by atoms with Crippen LogP contribution in [0.4, 0.5) is 0 Å². The van der Waals surface area contributed by atoms with E-state index in [1.807, 2.05) is 0 Å². The first-order valence-corrected chi connectivity index (χ1v) is 17.6. The van der Waals surface area contributed by atoms with Crippen molar-refractivity contribution in [1.82, 2.24) is 0 Å². The molecule has 4 saturated carbocycles. The van der Waals surface area contributed by atoms with Crippen molar-refractivity contribution in [2.75, 3.05) is 13.2 Å². The monoisotopic (exact) mass is 666 g/mol. The lowest BCUT2D eigenvalue weighted by molar-refractivity contribution is -0.350. The Bertz CT molecular complexity index is 1270. The van der Waals surface area contributed by atoms with Gasteiger partial charge in [-0.3, -0.25) is 4.79 Å². The fraction of sp³-hybridized carbons (Fsp3) is 0.917. The lowest BCUT2D eigenvalue weighted by Crippen LogP contribution is -2.72. The first-order valence-electron chi connectivity index (χ1n) is 17.6. The summed E-state index contributed by atoms with van der Waals surface area (Å²) < 4.78 is 11.8. The molecule has 6 rings (SSSR count). The second-order valence-corrected chi connectivity index (χ2v) is 18.0. The standard InChI is InChI=1S/C36H58O11/c1-31(2)9-11-36(30(44)45)12-10-34(5)18(19(36)13-31)7-8-23-32(3)14-21(40)28(33(4,17-38)27(32)20(39)15-35(23,34)6)47-29-26(43)25(42)24(41)22(16-37)46-29/h7,19-29,37-43H,8-17H2,1-6H3,(H,44,45)/t19-,20+,21-,22+,23?,24+,25-,26+,27?,28-,29-,32+,33-,34+,35+,36-/m0/s1. The van der Waals surface area contributed by atoms with Crippen LogP contribution in [0, 0.1) is 50.2 Å². The molecule has 5 fully saturated rings. The fourth-order valence-electron chi connectivity index (χ4n) is 12.5.